The Labute approximate surface area is 82.5 Å². The molecule has 1 aliphatic heterocycles. The SMILES string of the molecule is O[C@@H]1CCN[C@@H]1c1ccccc1Cl. The van der Waals surface area contributed by atoms with Crippen molar-refractivity contribution in [2.75, 3.05) is 6.54 Å². The zero-order valence-electron chi connectivity index (χ0n) is 7.20. The molecule has 0 unspecified atom stereocenters. The first-order chi connectivity index (χ1) is 6.29. The summed E-state index contributed by atoms with van der Waals surface area (Å²) in [6.45, 7) is 0.858. The van der Waals surface area contributed by atoms with E-state index in [9.17, 15) is 5.11 Å². The van der Waals surface area contributed by atoms with Crippen LogP contribution in [0.3, 0.4) is 0 Å². The van der Waals surface area contributed by atoms with Gasteiger partial charge >= 0.3 is 0 Å². The van der Waals surface area contributed by atoms with E-state index in [2.05, 4.69) is 5.32 Å². The van der Waals surface area contributed by atoms with E-state index in [0.29, 0.717) is 0 Å². The molecule has 0 aliphatic carbocycles. The van der Waals surface area contributed by atoms with Gasteiger partial charge in [-0.2, -0.15) is 0 Å². The topological polar surface area (TPSA) is 32.3 Å². The van der Waals surface area contributed by atoms with Gasteiger partial charge in [0, 0.05) is 5.02 Å². The van der Waals surface area contributed by atoms with Gasteiger partial charge in [-0.15, -0.1) is 0 Å². The van der Waals surface area contributed by atoms with Crippen molar-refractivity contribution in [1.82, 2.24) is 5.32 Å². The Balaban J connectivity index is 2.29. The molecule has 2 rings (SSSR count). The van der Waals surface area contributed by atoms with Crippen LogP contribution in [0.4, 0.5) is 0 Å². The van der Waals surface area contributed by atoms with Gasteiger partial charge in [0.05, 0.1) is 12.1 Å². The first kappa shape index (κ1) is 9.00. The van der Waals surface area contributed by atoms with E-state index >= 15 is 0 Å². The minimum Gasteiger partial charge on any atom is -0.391 e. The van der Waals surface area contributed by atoms with Crippen LogP contribution in [0, 0.1) is 0 Å². The van der Waals surface area contributed by atoms with E-state index in [1.165, 1.54) is 0 Å². The van der Waals surface area contributed by atoms with Crippen LogP contribution in [-0.2, 0) is 0 Å². The lowest BCUT2D eigenvalue weighted by Crippen LogP contribution is -2.21. The van der Waals surface area contributed by atoms with Gasteiger partial charge < -0.3 is 10.4 Å². The molecule has 1 aromatic carbocycles. The molecule has 0 radical (unpaired) electrons. The summed E-state index contributed by atoms with van der Waals surface area (Å²) in [6.07, 6.45) is 0.496. The fourth-order valence-electron chi connectivity index (χ4n) is 1.73. The van der Waals surface area contributed by atoms with Crippen molar-refractivity contribution in [3.05, 3.63) is 34.9 Å². The van der Waals surface area contributed by atoms with Crippen LogP contribution in [0.5, 0.6) is 0 Å². The molecule has 2 N–H and O–H groups in total. The van der Waals surface area contributed by atoms with Crippen molar-refractivity contribution in [3.8, 4) is 0 Å². The molecule has 2 atom stereocenters. The highest BCUT2D eigenvalue weighted by molar-refractivity contribution is 6.31. The summed E-state index contributed by atoms with van der Waals surface area (Å²) in [7, 11) is 0. The molecule has 2 nitrogen and oxygen atoms in total. The van der Waals surface area contributed by atoms with Crippen LogP contribution in [0.25, 0.3) is 0 Å². The minimum absolute atomic E-state index is 0.00806. The first-order valence-electron chi connectivity index (χ1n) is 4.45. The number of rotatable bonds is 1. The second-order valence-electron chi connectivity index (χ2n) is 3.31. The van der Waals surface area contributed by atoms with Crippen LogP contribution in [0.15, 0.2) is 24.3 Å². The third kappa shape index (κ3) is 1.70. The van der Waals surface area contributed by atoms with Crippen LogP contribution in [0.2, 0.25) is 5.02 Å². The number of benzene rings is 1. The monoisotopic (exact) mass is 197 g/mol. The average Bonchev–Trinajstić information content (AvgIpc) is 2.52. The van der Waals surface area contributed by atoms with E-state index in [-0.39, 0.29) is 12.1 Å². The van der Waals surface area contributed by atoms with Gasteiger partial charge in [0.25, 0.3) is 0 Å². The normalized spacial score (nSPS) is 27.8. The Morgan fingerprint density at radius 2 is 2.15 bits per heavy atom. The van der Waals surface area contributed by atoms with Gasteiger partial charge in [0.2, 0.25) is 0 Å². The smallest absolute Gasteiger partial charge is 0.0747 e. The Hall–Kier alpha value is -0.570. The summed E-state index contributed by atoms with van der Waals surface area (Å²) in [4.78, 5) is 0. The molecule has 1 heterocycles. The number of hydrogen-bond donors (Lipinski definition) is 2. The third-order valence-corrected chi connectivity index (χ3v) is 2.77. The van der Waals surface area contributed by atoms with Gasteiger partial charge in [-0.3, -0.25) is 0 Å². The fraction of sp³-hybridized carbons (Fsp3) is 0.400. The molecule has 0 saturated carbocycles. The second kappa shape index (κ2) is 3.66. The van der Waals surface area contributed by atoms with E-state index in [0.717, 1.165) is 23.6 Å². The molecule has 3 heteroatoms. The zero-order chi connectivity index (χ0) is 9.26. The predicted octanol–water partition coefficient (Wildman–Crippen LogP) is 1.74. The Morgan fingerprint density at radius 1 is 1.38 bits per heavy atom. The molecule has 1 saturated heterocycles. The molecule has 70 valence electrons. The summed E-state index contributed by atoms with van der Waals surface area (Å²) in [6, 6.07) is 7.65. The highest BCUT2D eigenvalue weighted by Crippen LogP contribution is 2.28. The Morgan fingerprint density at radius 3 is 2.77 bits per heavy atom. The molecular formula is C10H12ClNO. The van der Waals surface area contributed by atoms with E-state index < -0.39 is 0 Å². The molecule has 0 bridgehead atoms. The molecule has 1 aromatic rings. The van der Waals surface area contributed by atoms with Crippen molar-refractivity contribution in [3.63, 3.8) is 0 Å². The Kier molecular flexibility index (Phi) is 2.54. The van der Waals surface area contributed by atoms with E-state index in [4.69, 9.17) is 11.6 Å². The number of halogens is 1. The molecule has 0 aromatic heterocycles. The van der Waals surface area contributed by atoms with Gasteiger partial charge in [-0.1, -0.05) is 29.8 Å². The van der Waals surface area contributed by atoms with Crippen LogP contribution < -0.4 is 5.32 Å². The lowest BCUT2D eigenvalue weighted by atomic mass is 10.0. The lowest BCUT2D eigenvalue weighted by Gasteiger charge is -2.16. The van der Waals surface area contributed by atoms with Crippen molar-refractivity contribution in [2.45, 2.75) is 18.6 Å². The summed E-state index contributed by atoms with van der Waals surface area (Å²) in [5.41, 5.74) is 0.995. The predicted molar refractivity (Wildman–Crippen MR) is 52.8 cm³/mol. The minimum atomic E-state index is -0.306. The molecule has 1 aliphatic rings. The maximum atomic E-state index is 9.65. The van der Waals surface area contributed by atoms with Gasteiger partial charge in [0.1, 0.15) is 0 Å². The third-order valence-electron chi connectivity index (χ3n) is 2.43. The van der Waals surface area contributed by atoms with Gasteiger partial charge in [-0.05, 0) is 24.6 Å². The fourth-order valence-corrected chi connectivity index (χ4v) is 1.99. The van der Waals surface area contributed by atoms with Crippen molar-refractivity contribution >= 4 is 11.6 Å². The van der Waals surface area contributed by atoms with Gasteiger partial charge in [-0.25, -0.2) is 0 Å². The highest BCUT2D eigenvalue weighted by Gasteiger charge is 2.27. The standard InChI is InChI=1S/C10H12ClNO/c11-8-4-2-1-3-7(8)10-9(13)5-6-12-10/h1-4,9-10,12-13H,5-6H2/t9-,10-/m1/s1. The van der Waals surface area contributed by atoms with Crippen molar-refractivity contribution in [1.29, 1.82) is 0 Å². The van der Waals surface area contributed by atoms with Crippen LogP contribution in [0.1, 0.15) is 18.0 Å². The van der Waals surface area contributed by atoms with E-state index in [1.54, 1.807) is 0 Å². The number of nitrogens with one attached hydrogen (secondary N) is 1. The van der Waals surface area contributed by atoms with Crippen molar-refractivity contribution in [2.24, 2.45) is 0 Å². The highest BCUT2D eigenvalue weighted by atomic mass is 35.5. The number of hydrogen-bond acceptors (Lipinski definition) is 2. The quantitative estimate of drug-likeness (QED) is 0.719. The molecule has 0 amide bonds. The summed E-state index contributed by atoms with van der Waals surface area (Å²) in [5, 5.41) is 13.6. The molecular weight excluding hydrogens is 186 g/mol. The molecule has 0 spiro atoms. The van der Waals surface area contributed by atoms with E-state index in [1.807, 2.05) is 24.3 Å². The summed E-state index contributed by atoms with van der Waals surface area (Å²) >= 11 is 6.02. The second-order valence-corrected chi connectivity index (χ2v) is 3.72. The molecule has 13 heavy (non-hydrogen) atoms. The van der Waals surface area contributed by atoms with Gasteiger partial charge in [0.15, 0.2) is 0 Å². The Bertz CT molecular complexity index is 303. The number of aliphatic hydroxyl groups excluding tert-OH is 1. The maximum absolute atomic E-state index is 9.65. The lowest BCUT2D eigenvalue weighted by molar-refractivity contribution is 0.160. The van der Waals surface area contributed by atoms with Crippen LogP contribution >= 0.6 is 11.6 Å². The summed E-state index contributed by atoms with van der Waals surface area (Å²) in [5.74, 6) is 0. The largest absolute Gasteiger partial charge is 0.391 e. The van der Waals surface area contributed by atoms with Crippen LogP contribution in [-0.4, -0.2) is 17.8 Å². The number of aliphatic hydroxyl groups is 1. The summed E-state index contributed by atoms with van der Waals surface area (Å²) < 4.78 is 0. The average molecular weight is 198 g/mol. The zero-order valence-corrected chi connectivity index (χ0v) is 7.96. The molecule has 1 fully saturated rings. The first-order valence-corrected chi connectivity index (χ1v) is 4.82. The maximum Gasteiger partial charge on any atom is 0.0747 e. The van der Waals surface area contributed by atoms with Crippen molar-refractivity contribution < 1.29 is 5.11 Å².